The Kier molecular flexibility index (Phi) is 6.74. The number of nitrogens with zero attached hydrogens (tertiary/aromatic N) is 3. The molecule has 38 heavy (non-hydrogen) atoms. The zero-order valence-corrected chi connectivity index (χ0v) is 21.8. The molecular weight excluding hydrogens is 480 g/mol. The monoisotopic (exact) mass is 510 g/mol. The van der Waals surface area contributed by atoms with Crippen LogP contribution >= 0.6 is 0 Å². The number of rotatable bonds is 7. The van der Waals surface area contributed by atoms with Crippen LogP contribution in [0.2, 0.25) is 0 Å². The third kappa shape index (κ3) is 5.46. The Balaban J connectivity index is 1.31. The molecule has 2 amide bonds. The lowest BCUT2D eigenvalue weighted by molar-refractivity contribution is 0.251. The average Bonchev–Trinajstić information content (AvgIpc) is 3.55. The minimum absolute atomic E-state index is 0.194. The molecule has 3 N–H and O–H groups in total. The normalized spacial score (nSPS) is 11.4. The Morgan fingerprint density at radius 2 is 1.76 bits per heavy atom. The van der Waals surface area contributed by atoms with E-state index in [0.717, 1.165) is 33.6 Å². The lowest BCUT2D eigenvalue weighted by Gasteiger charge is -2.14. The molecule has 0 aliphatic heterocycles. The maximum atomic E-state index is 13.0. The van der Waals surface area contributed by atoms with Crippen molar-refractivity contribution >= 4 is 22.8 Å². The number of ether oxygens (including phenoxy) is 2. The molecule has 0 atom stereocenters. The van der Waals surface area contributed by atoms with Crippen LogP contribution in [0.25, 0.3) is 16.6 Å². The Morgan fingerprint density at radius 3 is 2.53 bits per heavy atom. The van der Waals surface area contributed by atoms with Gasteiger partial charge in [-0.3, -0.25) is 10.4 Å². The van der Waals surface area contributed by atoms with Gasteiger partial charge in [0.1, 0.15) is 23.1 Å². The van der Waals surface area contributed by atoms with Crippen molar-refractivity contribution in [3.63, 3.8) is 0 Å². The number of nitrogens with one attached hydrogen (secondary N) is 3. The molecule has 0 unspecified atom stereocenters. The van der Waals surface area contributed by atoms with E-state index in [-0.39, 0.29) is 18.0 Å². The molecule has 0 aliphatic rings. The fourth-order valence-electron chi connectivity index (χ4n) is 3.95. The van der Waals surface area contributed by atoms with E-state index >= 15 is 0 Å². The van der Waals surface area contributed by atoms with Gasteiger partial charge in [0.15, 0.2) is 0 Å². The second-order valence-corrected chi connectivity index (χ2v) is 9.91. The maximum absolute atomic E-state index is 13.0. The number of aromatic amines is 1. The van der Waals surface area contributed by atoms with Gasteiger partial charge in [-0.25, -0.2) is 9.48 Å². The summed E-state index contributed by atoms with van der Waals surface area (Å²) in [7, 11) is 1.62. The molecule has 0 saturated carbocycles. The molecule has 194 valence electrons. The molecular formula is C29H30N6O3. The molecule has 5 rings (SSSR count). The number of fused-ring (bicyclic) bond motifs is 1. The van der Waals surface area contributed by atoms with Crippen molar-refractivity contribution < 1.29 is 14.3 Å². The van der Waals surface area contributed by atoms with Crippen molar-refractivity contribution in [2.75, 3.05) is 12.4 Å². The summed E-state index contributed by atoms with van der Waals surface area (Å²) in [6.07, 6.45) is 1.75. The van der Waals surface area contributed by atoms with Crippen LogP contribution in [-0.2, 0) is 12.0 Å². The number of urea groups is 1. The lowest BCUT2D eigenvalue weighted by atomic mass is 9.92. The van der Waals surface area contributed by atoms with Crippen molar-refractivity contribution in [1.82, 2.24) is 25.3 Å². The molecule has 5 aromatic rings. The number of carbonyl (C=O) groups is 1. The van der Waals surface area contributed by atoms with Crippen LogP contribution < -0.4 is 20.1 Å². The van der Waals surface area contributed by atoms with E-state index < -0.39 is 0 Å². The number of amides is 2. The number of anilines is 1. The molecule has 0 radical (unpaired) electrons. The fourth-order valence-corrected chi connectivity index (χ4v) is 3.95. The van der Waals surface area contributed by atoms with Crippen molar-refractivity contribution in [2.24, 2.45) is 0 Å². The first-order valence-corrected chi connectivity index (χ1v) is 12.3. The summed E-state index contributed by atoms with van der Waals surface area (Å²) in [6.45, 7) is 6.52. The van der Waals surface area contributed by atoms with Crippen molar-refractivity contribution in [2.45, 2.75) is 32.7 Å². The van der Waals surface area contributed by atoms with Crippen molar-refractivity contribution in [3.8, 4) is 22.9 Å². The molecule has 9 nitrogen and oxygen atoms in total. The Morgan fingerprint density at radius 1 is 1.00 bits per heavy atom. The van der Waals surface area contributed by atoms with Crippen LogP contribution in [0.3, 0.4) is 0 Å². The van der Waals surface area contributed by atoms with E-state index in [0.29, 0.717) is 17.3 Å². The Bertz CT molecular complexity index is 1560. The Hall–Kier alpha value is -4.79. The summed E-state index contributed by atoms with van der Waals surface area (Å²) in [5.41, 5.74) is 3.25. The molecule has 0 aliphatic carbocycles. The quantitative estimate of drug-likeness (QED) is 0.243. The van der Waals surface area contributed by atoms with Crippen LogP contribution in [-0.4, -0.2) is 33.1 Å². The van der Waals surface area contributed by atoms with E-state index in [9.17, 15) is 4.79 Å². The minimum Gasteiger partial charge on any atom is -0.497 e. The predicted molar refractivity (Wildman–Crippen MR) is 147 cm³/mol. The largest absolute Gasteiger partial charge is 0.497 e. The SMILES string of the molecule is COc1ccc(-n2nc(C(C)(C)C)cc2NC(=O)NCc2ccccc2Oc2ccc3[nH]ncc3c2)cc1. The highest BCUT2D eigenvalue weighted by atomic mass is 16.5. The molecule has 0 fully saturated rings. The highest BCUT2D eigenvalue weighted by Gasteiger charge is 2.21. The third-order valence-corrected chi connectivity index (χ3v) is 6.09. The summed E-state index contributed by atoms with van der Waals surface area (Å²) >= 11 is 0. The topological polar surface area (TPSA) is 106 Å². The molecule has 9 heteroatoms. The van der Waals surface area contributed by atoms with Gasteiger partial charge in [-0.15, -0.1) is 0 Å². The second-order valence-electron chi connectivity index (χ2n) is 9.91. The minimum atomic E-state index is -0.352. The van der Waals surface area contributed by atoms with Crippen molar-refractivity contribution in [1.29, 1.82) is 0 Å². The predicted octanol–water partition coefficient (Wildman–Crippen LogP) is 6.17. The van der Waals surface area contributed by atoms with Gasteiger partial charge in [-0.05, 0) is 48.5 Å². The van der Waals surface area contributed by atoms with E-state index in [1.807, 2.05) is 72.8 Å². The zero-order chi connectivity index (χ0) is 26.7. The van der Waals surface area contributed by atoms with E-state index in [1.165, 1.54) is 0 Å². The van der Waals surface area contributed by atoms with Crippen LogP contribution in [0.15, 0.2) is 79.0 Å². The number of benzene rings is 3. The summed E-state index contributed by atoms with van der Waals surface area (Å²) in [4.78, 5) is 13.0. The van der Waals surface area contributed by atoms with Gasteiger partial charge >= 0.3 is 6.03 Å². The third-order valence-electron chi connectivity index (χ3n) is 6.09. The molecule has 0 spiro atoms. The first-order chi connectivity index (χ1) is 18.3. The lowest BCUT2D eigenvalue weighted by Crippen LogP contribution is -2.29. The Labute approximate surface area is 220 Å². The highest BCUT2D eigenvalue weighted by Crippen LogP contribution is 2.29. The standard InChI is InChI=1S/C29H30N6O3/c1-29(2,3)26-16-27(35(34-26)21-9-11-22(37-4)12-10-21)32-28(36)30-17-19-7-5-6-8-25(19)38-23-13-14-24-20(15-23)18-31-33-24/h5-16,18H,17H2,1-4H3,(H,31,33)(H2,30,32,36). The molecule has 3 aromatic carbocycles. The van der Waals surface area contributed by atoms with Crippen LogP contribution in [0, 0.1) is 0 Å². The number of methoxy groups -OCH3 is 1. The smallest absolute Gasteiger partial charge is 0.320 e. The number of aromatic nitrogens is 4. The van der Waals surface area contributed by atoms with Crippen LogP contribution in [0.4, 0.5) is 10.6 Å². The van der Waals surface area contributed by atoms with Crippen molar-refractivity contribution in [3.05, 3.63) is 90.3 Å². The highest BCUT2D eigenvalue weighted by molar-refractivity contribution is 5.88. The molecule has 2 heterocycles. The van der Waals surface area contributed by atoms with Crippen LogP contribution in [0.1, 0.15) is 32.0 Å². The van der Waals surface area contributed by atoms with E-state index in [4.69, 9.17) is 14.6 Å². The fraction of sp³-hybridized carbons (Fsp3) is 0.207. The number of para-hydroxylation sites is 1. The number of hydrogen-bond donors (Lipinski definition) is 3. The number of carbonyl (C=O) groups excluding carboxylic acids is 1. The molecule has 0 bridgehead atoms. The van der Waals surface area contributed by atoms with Gasteiger partial charge in [0.25, 0.3) is 0 Å². The summed E-state index contributed by atoms with van der Waals surface area (Å²) < 4.78 is 13.1. The van der Waals surface area contributed by atoms with Gasteiger partial charge in [0.2, 0.25) is 0 Å². The summed E-state index contributed by atoms with van der Waals surface area (Å²) in [5, 5.41) is 18.6. The van der Waals surface area contributed by atoms with Crippen LogP contribution in [0.5, 0.6) is 17.2 Å². The van der Waals surface area contributed by atoms with Gasteiger partial charge < -0.3 is 14.8 Å². The van der Waals surface area contributed by atoms with E-state index in [1.54, 1.807) is 18.0 Å². The molecule has 2 aromatic heterocycles. The first kappa shape index (κ1) is 24.9. The molecule has 0 saturated heterocycles. The van der Waals surface area contributed by atoms with E-state index in [2.05, 4.69) is 41.6 Å². The van der Waals surface area contributed by atoms with Gasteiger partial charge in [0, 0.05) is 29.0 Å². The van der Waals surface area contributed by atoms with Gasteiger partial charge in [-0.1, -0.05) is 39.0 Å². The second kappa shape index (κ2) is 10.3. The van der Waals surface area contributed by atoms with Gasteiger partial charge in [0.05, 0.1) is 30.2 Å². The maximum Gasteiger partial charge on any atom is 0.320 e. The average molecular weight is 511 g/mol. The zero-order valence-electron chi connectivity index (χ0n) is 21.8. The number of hydrogen-bond acceptors (Lipinski definition) is 5. The number of H-pyrrole nitrogens is 1. The first-order valence-electron chi connectivity index (χ1n) is 12.3. The van der Waals surface area contributed by atoms with Gasteiger partial charge in [-0.2, -0.15) is 10.2 Å². The summed E-state index contributed by atoms with van der Waals surface area (Å²) in [6, 6.07) is 22.4. The summed E-state index contributed by atoms with van der Waals surface area (Å²) in [5.74, 6) is 2.66.